The third-order valence-corrected chi connectivity index (χ3v) is 2.77. The fourth-order valence-corrected chi connectivity index (χ4v) is 1.55. The highest BCUT2D eigenvalue weighted by atomic mass is 16.6. The van der Waals surface area contributed by atoms with Gasteiger partial charge in [-0.1, -0.05) is 6.92 Å². The zero-order valence-corrected chi connectivity index (χ0v) is 11.8. The molecule has 1 aliphatic heterocycles. The summed E-state index contributed by atoms with van der Waals surface area (Å²) in [6, 6.07) is 0. The van der Waals surface area contributed by atoms with Crippen molar-refractivity contribution in [3.05, 3.63) is 0 Å². The van der Waals surface area contributed by atoms with E-state index in [0.717, 1.165) is 0 Å². The lowest BCUT2D eigenvalue weighted by Crippen LogP contribution is -2.34. The van der Waals surface area contributed by atoms with Gasteiger partial charge >= 0.3 is 0 Å². The molecule has 0 aliphatic carbocycles. The van der Waals surface area contributed by atoms with Crippen molar-refractivity contribution < 1.29 is 28.8 Å². The molecule has 0 aromatic rings. The number of ether oxygens (including phenoxy) is 5. The molecule has 0 atom stereocenters. The van der Waals surface area contributed by atoms with Crippen LogP contribution in [0.25, 0.3) is 0 Å². The number of hydrogen-bond donors (Lipinski definition) is 1. The van der Waals surface area contributed by atoms with Gasteiger partial charge in [0.1, 0.15) is 0 Å². The first kappa shape index (κ1) is 16.8. The van der Waals surface area contributed by atoms with Gasteiger partial charge in [0.15, 0.2) is 0 Å². The summed E-state index contributed by atoms with van der Waals surface area (Å²) in [7, 11) is 0. The molecule has 1 aliphatic rings. The molecule has 0 bridgehead atoms. The number of aliphatic hydroxyl groups is 1. The summed E-state index contributed by atoms with van der Waals surface area (Å²) in [6.07, 6.45) is 0. The predicted octanol–water partition coefficient (Wildman–Crippen LogP) is 0.0816. The van der Waals surface area contributed by atoms with Gasteiger partial charge in [-0.15, -0.1) is 0 Å². The molecule has 0 unspecified atom stereocenters. The van der Waals surface area contributed by atoms with E-state index >= 15 is 0 Å². The topological polar surface area (TPSA) is 66.4 Å². The van der Waals surface area contributed by atoms with Crippen LogP contribution in [0.5, 0.6) is 0 Å². The highest BCUT2D eigenvalue weighted by Gasteiger charge is 2.24. The molecule has 114 valence electrons. The van der Waals surface area contributed by atoms with Crippen LogP contribution in [0.2, 0.25) is 0 Å². The van der Waals surface area contributed by atoms with Gasteiger partial charge in [0, 0.05) is 5.41 Å². The summed E-state index contributed by atoms with van der Waals surface area (Å²) >= 11 is 0. The Labute approximate surface area is 114 Å². The van der Waals surface area contributed by atoms with Crippen LogP contribution in [0.15, 0.2) is 0 Å². The minimum atomic E-state index is -0.375. The predicted molar refractivity (Wildman–Crippen MR) is 69.3 cm³/mol. The molecule has 0 amide bonds. The van der Waals surface area contributed by atoms with Crippen molar-refractivity contribution in [2.45, 2.75) is 6.92 Å². The monoisotopic (exact) mass is 278 g/mol. The zero-order chi connectivity index (χ0) is 13.8. The van der Waals surface area contributed by atoms with Crippen molar-refractivity contribution in [2.75, 3.05) is 72.7 Å². The molecule has 0 aromatic heterocycles. The lowest BCUT2D eigenvalue weighted by molar-refractivity contribution is -0.0697. The van der Waals surface area contributed by atoms with Crippen LogP contribution in [0, 0.1) is 5.41 Å². The SMILES string of the molecule is CC1(CO)COCCOCCOCCOCCOC1. The molecule has 1 N–H and O–H groups in total. The maximum Gasteiger partial charge on any atom is 0.0701 e. The van der Waals surface area contributed by atoms with Crippen molar-refractivity contribution >= 4 is 0 Å². The van der Waals surface area contributed by atoms with E-state index in [1.807, 2.05) is 6.92 Å². The summed E-state index contributed by atoms with van der Waals surface area (Å²) in [5.74, 6) is 0. The van der Waals surface area contributed by atoms with E-state index in [9.17, 15) is 5.11 Å². The number of hydrogen-bond acceptors (Lipinski definition) is 6. The molecule has 1 fully saturated rings. The molecule has 0 radical (unpaired) electrons. The number of aliphatic hydroxyl groups excluding tert-OH is 1. The highest BCUT2D eigenvalue weighted by molar-refractivity contribution is 4.72. The second-order valence-electron chi connectivity index (χ2n) is 4.91. The fourth-order valence-electron chi connectivity index (χ4n) is 1.55. The van der Waals surface area contributed by atoms with Gasteiger partial charge in [-0.2, -0.15) is 0 Å². The lowest BCUT2D eigenvalue weighted by Gasteiger charge is -2.26. The molecule has 1 rings (SSSR count). The van der Waals surface area contributed by atoms with Gasteiger partial charge in [0.2, 0.25) is 0 Å². The Morgan fingerprint density at radius 2 is 1.00 bits per heavy atom. The van der Waals surface area contributed by atoms with Crippen LogP contribution in [0.3, 0.4) is 0 Å². The fraction of sp³-hybridized carbons (Fsp3) is 1.00. The number of rotatable bonds is 1. The summed E-state index contributed by atoms with van der Waals surface area (Å²) < 4.78 is 27.0. The first-order chi connectivity index (χ1) is 9.27. The van der Waals surface area contributed by atoms with Crippen LogP contribution in [-0.2, 0) is 23.7 Å². The Hall–Kier alpha value is -0.240. The maximum atomic E-state index is 9.40. The Morgan fingerprint density at radius 3 is 1.32 bits per heavy atom. The van der Waals surface area contributed by atoms with Gasteiger partial charge in [0.25, 0.3) is 0 Å². The van der Waals surface area contributed by atoms with E-state index in [0.29, 0.717) is 66.1 Å². The Kier molecular flexibility index (Phi) is 9.32. The summed E-state index contributed by atoms with van der Waals surface area (Å²) in [5.41, 5.74) is -0.375. The van der Waals surface area contributed by atoms with Crippen molar-refractivity contribution in [1.29, 1.82) is 0 Å². The first-order valence-corrected chi connectivity index (χ1v) is 6.76. The van der Waals surface area contributed by atoms with Gasteiger partial charge in [-0.25, -0.2) is 0 Å². The van der Waals surface area contributed by atoms with E-state index in [2.05, 4.69) is 0 Å². The minimum Gasteiger partial charge on any atom is -0.396 e. The molecule has 6 heteroatoms. The molecular weight excluding hydrogens is 252 g/mol. The smallest absolute Gasteiger partial charge is 0.0701 e. The van der Waals surface area contributed by atoms with Gasteiger partial charge in [0.05, 0.1) is 72.7 Å². The van der Waals surface area contributed by atoms with Gasteiger partial charge < -0.3 is 28.8 Å². The van der Waals surface area contributed by atoms with Gasteiger partial charge in [-0.3, -0.25) is 0 Å². The lowest BCUT2D eigenvalue weighted by atomic mass is 9.94. The average molecular weight is 278 g/mol. The van der Waals surface area contributed by atoms with Crippen molar-refractivity contribution in [3.63, 3.8) is 0 Å². The normalized spacial score (nSPS) is 24.9. The van der Waals surface area contributed by atoms with Crippen LogP contribution in [0.1, 0.15) is 6.92 Å². The molecular formula is C13H26O6. The average Bonchev–Trinajstić information content (AvgIpc) is 2.42. The molecule has 1 saturated heterocycles. The molecule has 0 aromatic carbocycles. The van der Waals surface area contributed by atoms with E-state index in [1.165, 1.54) is 0 Å². The maximum absolute atomic E-state index is 9.40. The van der Waals surface area contributed by atoms with Gasteiger partial charge in [-0.05, 0) is 0 Å². The standard InChI is InChI=1S/C13H26O6/c1-13(10-14)11-18-8-6-16-4-2-15-3-5-17-7-9-19-12-13/h14H,2-12H2,1H3. The first-order valence-electron chi connectivity index (χ1n) is 6.76. The second kappa shape index (κ2) is 10.5. The van der Waals surface area contributed by atoms with E-state index < -0.39 is 0 Å². The quantitative estimate of drug-likeness (QED) is 0.733. The van der Waals surface area contributed by atoms with Crippen molar-refractivity contribution in [1.82, 2.24) is 0 Å². The van der Waals surface area contributed by atoms with Crippen LogP contribution in [0.4, 0.5) is 0 Å². The highest BCUT2D eigenvalue weighted by Crippen LogP contribution is 2.16. The second-order valence-corrected chi connectivity index (χ2v) is 4.91. The summed E-state index contributed by atoms with van der Waals surface area (Å²) in [6.45, 7) is 7.19. The Bertz CT molecular complexity index is 195. The Morgan fingerprint density at radius 1 is 0.684 bits per heavy atom. The van der Waals surface area contributed by atoms with E-state index in [-0.39, 0.29) is 12.0 Å². The Balaban J connectivity index is 2.27. The largest absolute Gasteiger partial charge is 0.396 e. The van der Waals surface area contributed by atoms with Crippen molar-refractivity contribution in [2.24, 2.45) is 5.41 Å². The zero-order valence-electron chi connectivity index (χ0n) is 11.8. The van der Waals surface area contributed by atoms with E-state index in [4.69, 9.17) is 23.7 Å². The third-order valence-electron chi connectivity index (χ3n) is 2.77. The molecule has 0 spiro atoms. The molecule has 1 heterocycles. The van der Waals surface area contributed by atoms with Crippen LogP contribution in [-0.4, -0.2) is 77.8 Å². The molecule has 6 nitrogen and oxygen atoms in total. The van der Waals surface area contributed by atoms with Crippen LogP contribution >= 0.6 is 0 Å². The van der Waals surface area contributed by atoms with E-state index in [1.54, 1.807) is 0 Å². The minimum absolute atomic E-state index is 0.0303. The van der Waals surface area contributed by atoms with Crippen molar-refractivity contribution in [3.8, 4) is 0 Å². The van der Waals surface area contributed by atoms with Crippen LogP contribution < -0.4 is 0 Å². The summed E-state index contributed by atoms with van der Waals surface area (Å²) in [5, 5.41) is 9.40. The molecule has 0 saturated carbocycles. The third kappa shape index (κ3) is 8.52. The molecule has 19 heavy (non-hydrogen) atoms. The summed E-state index contributed by atoms with van der Waals surface area (Å²) in [4.78, 5) is 0.